The Labute approximate surface area is 86.4 Å². The fourth-order valence-electron chi connectivity index (χ4n) is 1.13. The monoisotopic (exact) mass is 196 g/mol. The van der Waals surface area contributed by atoms with E-state index in [4.69, 9.17) is 12.2 Å². The van der Waals surface area contributed by atoms with Gasteiger partial charge in [-0.1, -0.05) is 19.8 Å². The Balaban J connectivity index is 3.88. The minimum atomic E-state index is -0.136. The molecule has 80 valence electrons. The maximum absolute atomic E-state index is 11.5. The topological polar surface area (TPSA) is 55.1 Å². The van der Waals surface area contributed by atoms with Gasteiger partial charge in [-0.15, -0.1) is 6.42 Å². The summed E-state index contributed by atoms with van der Waals surface area (Å²) in [4.78, 5) is 11.5. The Kier molecular flexibility index (Phi) is 6.87. The lowest BCUT2D eigenvalue weighted by Gasteiger charge is -2.15. The fourth-order valence-corrected chi connectivity index (χ4v) is 1.13. The van der Waals surface area contributed by atoms with Crippen LogP contribution >= 0.6 is 0 Å². The molecule has 0 rings (SSSR count). The molecule has 0 fully saturated rings. The van der Waals surface area contributed by atoms with Crippen LogP contribution in [0.4, 0.5) is 0 Å². The standard InChI is InChI=1S/C11H20N2O/c1-4-10(5-2)13-11(14)9(3)7-6-8-12/h1,9-10H,5-8,12H2,2-3H3,(H,13,14). The largest absolute Gasteiger partial charge is 0.342 e. The van der Waals surface area contributed by atoms with Gasteiger partial charge in [0.2, 0.25) is 5.91 Å². The molecule has 1 amide bonds. The maximum Gasteiger partial charge on any atom is 0.223 e. The molecule has 0 saturated carbocycles. The summed E-state index contributed by atoms with van der Waals surface area (Å²) in [5.41, 5.74) is 5.37. The van der Waals surface area contributed by atoms with E-state index < -0.39 is 0 Å². The molecule has 0 aliphatic carbocycles. The smallest absolute Gasteiger partial charge is 0.223 e. The summed E-state index contributed by atoms with van der Waals surface area (Å²) in [5, 5.41) is 2.81. The van der Waals surface area contributed by atoms with Crippen LogP contribution in [0.3, 0.4) is 0 Å². The summed E-state index contributed by atoms with van der Waals surface area (Å²) in [7, 11) is 0. The third-order valence-electron chi connectivity index (χ3n) is 2.21. The zero-order valence-corrected chi connectivity index (χ0v) is 9.05. The molecule has 0 radical (unpaired) electrons. The second-order valence-electron chi connectivity index (χ2n) is 3.47. The molecule has 2 atom stereocenters. The highest BCUT2D eigenvalue weighted by Crippen LogP contribution is 2.05. The van der Waals surface area contributed by atoms with Crippen molar-refractivity contribution >= 4 is 5.91 Å². The first-order valence-electron chi connectivity index (χ1n) is 5.12. The van der Waals surface area contributed by atoms with E-state index >= 15 is 0 Å². The number of nitrogens with two attached hydrogens (primary N) is 1. The lowest BCUT2D eigenvalue weighted by molar-refractivity contribution is -0.125. The predicted molar refractivity (Wildman–Crippen MR) is 58.5 cm³/mol. The van der Waals surface area contributed by atoms with E-state index in [9.17, 15) is 4.79 Å². The molecule has 3 nitrogen and oxygen atoms in total. The van der Waals surface area contributed by atoms with Gasteiger partial charge in [0.05, 0.1) is 6.04 Å². The first-order chi connectivity index (χ1) is 6.65. The Morgan fingerprint density at radius 2 is 2.29 bits per heavy atom. The third-order valence-corrected chi connectivity index (χ3v) is 2.21. The molecule has 14 heavy (non-hydrogen) atoms. The van der Waals surface area contributed by atoms with E-state index in [1.165, 1.54) is 0 Å². The van der Waals surface area contributed by atoms with Crippen molar-refractivity contribution < 1.29 is 4.79 Å². The van der Waals surface area contributed by atoms with Crippen molar-refractivity contribution in [2.45, 2.75) is 39.2 Å². The Hall–Kier alpha value is -1.01. The normalized spacial score (nSPS) is 14.1. The number of rotatable bonds is 6. The van der Waals surface area contributed by atoms with Crippen molar-refractivity contribution in [3.05, 3.63) is 0 Å². The zero-order chi connectivity index (χ0) is 11.0. The second-order valence-corrected chi connectivity index (χ2v) is 3.47. The molecule has 0 aliphatic rings. The molecule has 3 heteroatoms. The van der Waals surface area contributed by atoms with Crippen LogP contribution in [0.5, 0.6) is 0 Å². The quantitative estimate of drug-likeness (QED) is 0.620. The predicted octanol–water partition coefficient (Wildman–Crippen LogP) is 0.889. The van der Waals surface area contributed by atoms with Crippen LogP contribution in [0, 0.1) is 18.3 Å². The van der Waals surface area contributed by atoms with Crippen molar-refractivity contribution in [2.75, 3.05) is 6.54 Å². The van der Waals surface area contributed by atoms with Crippen molar-refractivity contribution in [3.8, 4) is 12.3 Å². The Bertz CT molecular complexity index is 208. The molecular formula is C11H20N2O. The van der Waals surface area contributed by atoms with E-state index in [1.54, 1.807) is 0 Å². The summed E-state index contributed by atoms with van der Waals surface area (Å²) in [6.45, 7) is 4.48. The van der Waals surface area contributed by atoms with E-state index in [-0.39, 0.29) is 17.9 Å². The number of nitrogens with one attached hydrogen (secondary N) is 1. The summed E-state index contributed by atoms with van der Waals surface area (Å²) in [6, 6.07) is -0.136. The molecule has 2 unspecified atom stereocenters. The average Bonchev–Trinajstić information content (AvgIpc) is 2.21. The molecular weight excluding hydrogens is 176 g/mol. The fraction of sp³-hybridized carbons (Fsp3) is 0.727. The van der Waals surface area contributed by atoms with Gasteiger partial charge in [-0.2, -0.15) is 0 Å². The van der Waals surface area contributed by atoms with Gasteiger partial charge in [0.1, 0.15) is 0 Å². The number of carbonyl (C=O) groups is 1. The molecule has 0 bridgehead atoms. The summed E-state index contributed by atoms with van der Waals surface area (Å²) < 4.78 is 0. The minimum Gasteiger partial charge on any atom is -0.342 e. The van der Waals surface area contributed by atoms with E-state index in [1.807, 2.05) is 13.8 Å². The first kappa shape index (κ1) is 13.0. The molecule has 0 aromatic rings. The van der Waals surface area contributed by atoms with Crippen molar-refractivity contribution in [2.24, 2.45) is 11.7 Å². The van der Waals surface area contributed by atoms with Gasteiger partial charge in [-0.3, -0.25) is 4.79 Å². The minimum absolute atomic E-state index is 0.000880. The van der Waals surface area contributed by atoms with Crippen molar-refractivity contribution in [3.63, 3.8) is 0 Å². The van der Waals surface area contributed by atoms with Gasteiger partial charge in [0.15, 0.2) is 0 Å². The average molecular weight is 196 g/mol. The van der Waals surface area contributed by atoms with Crippen molar-refractivity contribution in [1.82, 2.24) is 5.32 Å². The number of hydrogen-bond donors (Lipinski definition) is 2. The molecule has 0 saturated heterocycles. The first-order valence-corrected chi connectivity index (χ1v) is 5.12. The highest BCUT2D eigenvalue weighted by molar-refractivity contribution is 5.78. The molecule has 0 heterocycles. The van der Waals surface area contributed by atoms with Crippen LogP contribution in [0.15, 0.2) is 0 Å². The molecule has 0 aromatic carbocycles. The number of terminal acetylenes is 1. The zero-order valence-electron chi connectivity index (χ0n) is 9.05. The van der Waals surface area contributed by atoms with Crippen molar-refractivity contribution in [1.29, 1.82) is 0 Å². The summed E-state index contributed by atoms with van der Waals surface area (Å²) in [5.74, 6) is 2.57. The van der Waals surface area contributed by atoms with Crippen LogP contribution in [-0.2, 0) is 4.79 Å². The highest BCUT2D eigenvalue weighted by atomic mass is 16.1. The number of carbonyl (C=O) groups excluding carboxylic acids is 1. The second kappa shape index (κ2) is 7.40. The SMILES string of the molecule is C#CC(CC)NC(=O)C(C)CCCN. The lowest BCUT2D eigenvalue weighted by atomic mass is 10.0. The van der Waals surface area contributed by atoms with Gasteiger partial charge >= 0.3 is 0 Å². The van der Waals surface area contributed by atoms with E-state index in [2.05, 4.69) is 11.2 Å². The van der Waals surface area contributed by atoms with Crippen LogP contribution in [0.2, 0.25) is 0 Å². The van der Waals surface area contributed by atoms with Gasteiger partial charge in [0, 0.05) is 5.92 Å². The van der Waals surface area contributed by atoms with Gasteiger partial charge in [0.25, 0.3) is 0 Å². The number of amides is 1. The molecule has 3 N–H and O–H groups in total. The lowest BCUT2D eigenvalue weighted by Crippen LogP contribution is -2.37. The molecule has 0 spiro atoms. The Morgan fingerprint density at radius 3 is 2.71 bits per heavy atom. The third kappa shape index (κ3) is 4.88. The van der Waals surface area contributed by atoms with Crippen LogP contribution in [0.1, 0.15) is 33.1 Å². The van der Waals surface area contributed by atoms with Crippen LogP contribution < -0.4 is 11.1 Å². The molecule has 0 aromatic heterocycles. The highest BCUT2D eigenvalue weighted by Gasteiger charge is 2.14. The van der Waals surface area contributed by atoms with E-state index in [0.29, 0.717) is 6.54 Å². The van der Waals surface area contributed by atoms with E-state index in [0.717, 1.165) is 19.3 Å². The van der Waals surface area contributed by atoms with Crippen LogP contribution in [0.25, 0.3) is 0 Å². The molecule has 0 aliphatic heterocycles. The van der Waals surface area contributed by atoms with Gasteiger partial charge < -0.3 is 11.1 Å². The Morgan fingerprint density at radius 1 is 1.64 bits per heavy atom. The van der Waals surface area contributed by atoms with Gasteiger partial charge in [-0.05, 0) is 25.8 Å². The maximum atomic E-state index is 11.5. The number of hydrogen-bond acceptors (Lipinski definition) is 2. The van der Waals surface area contributed by atoms with Crippen LogP contribution in [-0.4, -0.2) is 18.5 Å². The summed E-state index contributed by atoms with van der Waals surface area (Å²) >= 11 is 0. The summed E-state index contributed by atoms with van der Waals surface area (Å²) in [6.07, 6.45) is 7.72. The van der Waals surface area contributed by atoms with Gasteiger partial charge in [-0.25, -0.2) is 0 Å².